The fourth-order valence-corrected chi connectivity index (χ4v) is 3.92. The van der Waals surface area contributed by atoms with Crippen LogP contribution in [0.4, 0.5) is 27.9 Å². The topological polar surface area (TPSA) is 96.5 Å². The van der Waals surface area contributed by atoms with E-state index >= 15 is 0 Å². The van der Waals surface area contributed by atoms with Gasteiger partial charge in [0.2, 0.25) is 5.95 Å². The van der Waals surface area contributed by atoms with Gasteiger partial charge in [-0.25, -0.2) is 18.4 Å². The minimum atomic E-state index is -5.15. The predicted octanol–water partition coefficient (Wildman–Crippen LogP) is 3.01. The largest absolute Gasteiger partial charge is 0.503 e. The lowest BCUT2D eigenvalue weighted by atomic mass is 9.92. The number of aryl methyl sites for hydroxylation is 1. The molecule has 0 spiro atoms. The Morgan fingerprint density at radius 3 is 2.42 bits per heavy atom. The lowest BCUT2D eigenvalue weighted by Crippen LogP contribution is -2.48. The quantitative estimate of drug-likeness (QED) is 0.563. The highest BCUT2D eigenvalue weighted by atomic mass is 19.4. The number of nitrogens with zero attached hydrogens (tertiary/aromatic N) is 5. The third-order valence-corrected chi connectivity index (χ3v) is 5.98. The third-order valence-electron chi connectivity index (χ3n) is 5.98. The van der Waals surface area contributed by atoms with Crippen molar-refractivity contribution in [3.05, 3.63) is 29.5 Å². The first-order chi connectivity index (χ1) is 15.5. The van der Waals surface area contributed by atoms with Gasteiger partial charge in [0.15, 0.2) is 23.0 Å². The number of hydrogen-bond acceptors (Lipinski definition) is 7. The van der Waals surface area contributed by atoms with Gasteiger partial charge >= 0.3 is 6.18 Å². The van der Waals surface area contributed by atoms with E-state index < -0.39 is 40.3 Å². The van der Waals surface area contributed by atoms with Crippen molar-refractivity contribution in [2.75, 3.05) is 31.7 Å². The standard InChI is InChI=1S/C20H20F5N5O3/c1-29-17-11(8-26-18(27-17)30-5-3-19(9-31,33-2)4-6-30)15(28-29)10-7-12(20(23,24)25)14(22)16(32)13(10)21/h7-8,31-32H,3-6,9H2,1-2H3. The zero-order valence-corrected chi connectivity index (χ0v) is 17.6. The van der Waals surface area contributed by atoms with E-state index in [2.05, 4.69) is 15.1 Å². The molecule has 0 amide bonds. The molecule has 0 bridgehead atoms. The van der Waals surface area contributed by atoms with Gasteiger partial charge in [0, 0.05) is 39.0 Å². The molecule has 1 aromatic carbocycles. The first kappa shape index (κ1) is 23.1. The molecule has 2 N–H and O–H groups in total. The molecule has 1 aliphatic rings. The summed E-state index contributed by atoms with van der Waals surface area (Å²) in [5.41, 5.74) is -3.24. The summed E-state index contributed by atoms with van der Waals surface area (Å²) in [6.45, 7) is 0.846. The lowest BCUT2D eigenvalue weighted by molar-refractivity contribution is -0.140. The number of rotatable bonds is 4. The summed E-state index contributed by atoms with van der Waals surface area (Å²) in [7, 11) is 2.99. The molecule has 8 nitrogen and oxygen atoms in total. The van der Waals surface area contributed by atoms with E-state index in [1.807, 2.05) is 4.90 Å². The zero-order valence-electron chi connectivity index (χ0n) is 17.6. The monoisotopic (exact) mass is 473 g/mol. The van der Waals surface area contributed by atoms with Crippen molar-refractivity contribution in [1.82, 2.24) is 19.7 Å². The number of aliphatic hydroxyl groups is 1. The van der Waals surface area contributed by atoms with Gasteiger partial charge in [-0.05, 0) is 18.9 Å². The molecule has 0 aliphatic carbocycles. The van der Waals surface area contributed by atoms with E-state index in [1.54, 1.807) is 0 Å². The summed E-state index contributed by atoms with van der Waals surface area (Å²) in [6, 6.07) is 0.268. The average Bonchev–Trinajstić information content (AvgIpc) is 3.12. The molecule has 1 fully saturated rings. The number of methoxy groups -OCH3 is 1. The molecular formula is C20H20F5N5O3. The van der Waals surface area contributed by atoms with E-state index in [4.69, 9.17) is 4.74 Å². The molecule has 3 aromatic rings. The predicted molar refractivity (Wildman–Crippen MR) is 107 cm³/mol. The number of phenols is 1. The Labute approximate surface area is 184 Å². The second-order valence-corrected chi connectivity index (χ2v) is 7.86. The number of anilines is 1. The van der Waals surface area contributed by atoms with E-state index in [0.717, 1.165) is 0 Å². The van der Waals surface area contributed by atoms with Gasteiger partial charge in [-0.1, -0.05) is 0 Å². The van der Waals surface area contributed by atoms with Crippen LogP contribution in [0.5, 0.6) is 5.75 Å². The van der Waals surface area contributed by atoms with Crippen molar-refractivity contribution < 1.29 is 36.9 Å². The van der Waals surface area contributed by atoms with Crippen molar-refractivity contribution in [2.24, 2.45) is 7.05 Å². The summed E-state index contributed by atoms with van der Waals surface area (Å²) >= 11 is 0. The number of aromatic hydroxyl groups is 1. The van der Waals surface area contributed by atoms with E-state index in [9.17, 15) is 32.2 Å². The Morgan fingerprint density at radius 1 is 1.18 bits per heavy atom. The highest BCUT2D eigenvalue weighted by Crippen LogP contribution is 2.41. The molecule has 2 aromatic heterocycles. The van der Waals surface area contributed by atoms with Gasteiger partial charge < -0.3 is 19.8 Å². The molecule has 0 atom stereocenters. The molecule has 3 heterocycles. The van der Waals surface area contributed by atoms with Crippen molar-refractivity contribution in [3.8, 4) is 17.0 Å². The van der Waals surface area contributed by atoms with Crippen LogP contribution in [0.3, 0.4) is 0 Å². The van der Waals surface area contributed by atoms with Crippen molar-refractivity contribution in [3.63, 3.8) is 0 Å². The van der Waals surface area contributed by atoms with Crippen molar-refractivity contribution in [1.29, 1.82) is 0 Å². The Balaban J connectivity index is 1.75. The number of fused-ring (bicyclic) bond motifs is 1. The number of benzene rings is 1. The lowest BCUT2D eigenvalue weighted by Gasteiger charge is -2.39. The minimum absolute atomic E-state index is 0.123. The second-order valence-electron chi connectivity index (χ2n) is 7.86. The van der Waals surface area contributed by atoms with Gasteiger partial charge in [-0.2, -0.15) is 23.3 Å². The molecule has 13 heteroatoms. The molecule has 4 rings (SSSR count). The zero-order chi connectivity index (χ0) is 24.1. The number of alkyl halides is 3. The van der Waals surface area contributed by atoms with Crippen LogP contribution in [0.1, 0.15) is 18.4 Å². The van der Waals surface area contributed by atoms with E-state index in [0.29, 0.717) is 31.9 Å². The van der Waals surface area contributed by atoms with E-state index in [1.165, 1.54) is 25.0 Å². The molecule has 178 valence electrons. The molecule has 0 unspecified atom stereocenters. The summed E-state index contributed by atoms with van der Waals surface area (Å²) in [6.07, 6.45) is -2.81. The van der Waals surface area contributed by atoms with E-state index in [-0.39, 0.29) is 29.4 Å². The molecule has 1 aliphatic heterocycles. The van der Waals surface area contributed by atoms with Gasteiger partial charge in [0.1, 0.15) is 5.69 Å². The number of hydrogen-bond donors (Lipinski definition) is 2. The Bertz CT molecular complexity index is 1200. The summed E-state index contributed by atoms with van der Waals surface area (Å²) in [5.74, 6) is -5.09. The maximum atomic E-state index is 14.6. The van der Waals surface area contributed by atoms with Crippen LogP contribution >= 0.6 is 0 Å². The number of halogens is 5. The van der Waals surface area contributed by atoms with Gasteiger partial charge in [-0.3, -0.25) is 0 Å². The third kappa shape index (κ3) is 3.84. The SMILES string of the molecule is COC1(CO)CCN(c2ncc3c(-c4cc(C(F)(F)F)c(F)c(O)c4F)nn(C)c3n2)CC1. The second kappa shape index (κ2) is 8.06. The average molecular weight is 473 g/mol. The summed E-state index contributed by atoms with van der Waals surface area (Å²) in [4.78, 5) is 10.5. The van der Waals surface area contributed by atoms with Crippen molar-refractivity contribution >= 4 is 17.0 Å². The Hall–Kier alpha value is -3.06. The van der Waals surface area contributed by atoms with Crippen LogP contribution in [0.2, 0.25) is 0 Å². The number of ether oxygens (including phenoxy) is 1. The van der Waals surface area contributed by atoms with Gasteiger partial charge in [-0.15, -0.1) is 0 Å². The molecular weight excluding hydrogens is 453 g/mol. The number of phenolic OH excluding ortho intramolecular Hbond substituents is 1. The van der Waals surface area contributed by atoms with Crippen LogP contribution in [0.25, 0.3) is 22.3 Å². The summed E-state index contributed by atoms with van der Waals surface area (Å²) < 4.78 is 74.6. The maximum Gasteiger partial charge on any atom is 0.419 e. The highest BCUT2D eigenvalue weighted by molar-refractivity contribution is 5.91. The number of aromatic nitrogens is 4. The fraction of sp³-hybridized carbons (Fsp3) is 0.450. The smallest absolute Gasteiger partial charge is 0.419 e. The molecule has 1 saturated heterocycles. The molecule has 0 radical (unpaired) electrons. The summed E-state index contributed by atoms with van der Waals surface area (Å²) in [5, 5.41) is 23.4. The highest BCUT2D eigenvalue weighted by Gasteiger charge is 2.38. The molecule has 0 saturated carbocycles. The van der Waals surface area contributed by atoms with Crippen LogP contribution in [-0.4, -0.2) is 62.4 Å². The molecule has 33 heavy (non-hydrogen) atoms. The van der Waals surface area contributed by atoms with Crippen molar-refractivity contribution in [2.45, 2.75) is 24.6 Å². The van der Waals surface area contributed by atoms with Gasteiger partial charge in [0.05, 0.1) is 23.2 Å². The van der Waals surface area contributed by atoms with Gasteiger partial charge in [0.25, 0.3) is 0 Å². The van der Waals surface area contributed by atoms with Crippen LogP contribution in [-0.2, 0) is 18.0 Å². The van der Waals surface area contributed by atoms with Crippen LogP contribution in [0.15, 0.2) is 12.3 Å². The normalized spacial score (nSPS) is 16.5. The Morgan fingerprint density at radius 2 is 1.85 bits per heavy atom. The number of piperidine rings is 1. The van der Waals surface area contributed by atoms with Crippen LogP contribution in [0, 0.1) is 11.6 Å². The van der Waals surface area contributed by atoms with Crippen LogP contribution < -0.4 is 4.90 Å². The first-order valence-corrected chi connectivity index (χ1v) is 9.90. The minimum Gasteiger partial charge on any atom is -0.503 e. The fourth-order valence-electron chi connectivity index (χ4n) is 3.92. The number of aliphatic hydroxyl groups excluding tert-OH is 1. The first-order valence-electron chi connectivity index (χ1n) is 9.90. The Kier molecular flexibility index (Phi) is 5.65. The maximum absolute atomic E-state index is 14.6.